The fourth-order valence-electron chi connectivity index (χ4n) is 0.850. The van der Waals surface area contributed by atoms with Gasteiger partial charge in [-0.3, -0.25) is 14.3 Å². The molecule has 0 heterocycles. The lowest BCUT2D eigenvalue weighted by Crippen LogP contribution is -2.33. The number of hydrogen-bond donors (Lipinski definition) is 2. The summed E-state index contributed by atoms with van der Waals surface area (Å²) >= 11 is 0. The molecule has 2 N–H and O–H groups in total. The van der Waals surface area contributed by atoms with Gasteiger partial charge in [0.25, 0.3) is 0 Å². The molecular formula is C7H16NO6P. The Kier molecular flexibility index (Phi) is 6.71. The van der Waals surface area contributed by atoms with Gasteiger partial charge in [-0.1, -0.05) is 0 Å². The standard InChI is InChI=1S/C7H16NO6P/c1-13-15(12,14-2)4-3-7(11)8(5-9)6-10/h9-10H,3-6H2,1-2H3. The van der Waals surface area contributed by atoms with Gasteiger partial charge in [-0.05, 0) is 0 Å². The summed E-state index contributed by atoms with van der Waals surface area (Å²) in [5.41, 5.74) is 0. The first-order valence-electron chi connectivity index (χ1n) is 4.23. The van der Waals surface area contributed by atoms with Crippen LogP contribution in [0.4, 0.5) is 0 Å². The van der Waals surface area contributed by atoms with Gasteiger partial charge in [-0.2, -0.15) is 0 Å². The van der Waals surface area contributed by atoms with Crippen LogP contribution in [0.5, 0.6) is 0 Å². The normalized spacial score (nSPS) is 11.5. The van der Waals surface area contributed by atoms with Gasteiger partial charge in [0.2, 0.25) is 5.91 Å². The van der Waals surface area contributed by atoms with Gasteiger partial charge in [0.05, 0.1) is 6.16 Å². The van der Waals surface area contributed by atoms with E-state index < -0.39 is 27.0 Å². The molecule has 7 nitrogen and oxygen atoms in total. The van der Waals surface area contributed by atoms with Crippen LogP contribution in [0, 0.1) is 0 Å². The van der Waals surface area contributed by atoms with Crippen LogP contribution >= 0.6 is 7.60 Å². The molecule has 0 aliphatic carbocycles. The van der Waals surface area contributed by atoms with Crippen LogP contribution in [0.15, 0.2) is 0 Å². The highest BCUT2D eigenvalue weighted by atomic mass is 31.2. The summed E-state index contributed by atoms with van der Waals surface area (Å²) in [6.07, 6.45) is -0.213. The predicted molar refractivity (Wildman–Crippen MR) is 52.1 cm³/mol. The minimum absolute atomic E-state index is 0.0880. The van der Waals surface area contributed by atoms with Gasteiger partial charge in [0.15, 0.2) is 0 Å². The molecule has 0 aliphatic heterocycles. The maximum atomic E-state index is 11.5. The number of carbonyl (C=O) groups excluding carboxylic acids is 1. The molecule has 0 unspecified atom stereocenters. The Balaban J connectivity index is 4.15. The van der Waals surface area contributed by atoms with Crippen molar-refractivity contribution < 1.29 is 28.6 Å². The van der Waals surface area contributed by atoms with Gasteiger partial charge in [-0.15, -0.1) is 0 Å². The fraction of sp³-hybridized carbons (Fsp3) is 0.857. The van der Waals surface area contributed by atoms with Crippen molar-refractivity contribution in [3.63, 3.8) is 0 Å². The Morgan fingerprint density at radius 3 is 2.07 bits per heavy atom. The van der Waals surface area contributed by atoms with Crippen LogP contribution < -0.4 is 0 Å². The second kappa shape index (κ2) is 6.92. The minimum atomic E-state index is -3.21. The molecule has 0 atom stereocenters. The zero-order valence-corrected chi connectivity index (χ0v) is 9.64. The lowest BCUT2D eigenvalue weighted by atomic mass is 10.4. The molecule has 8 heteroatoms. The van der Waals surface area contributed by atoms with Crippen LogP contribution in [-0.2, 0) is 18.4 Å². The van der Waals surface area contributed by atoms with Crippen molar-refractivity contribution >= 4 is 13.5 Å². The van der Waals surface area contributed by atoms with E-state index in [4.69, 9.17) is 10.2 Å². The molecule has 0 aromatic rings. The highest BCUT2D eigenvalue weighted by Gasteiger charge is 2.23. The summed E-state index contributed by atoms with van der Waals surface area (Å²) < 4.78 is 20.8. The quantitative estimate of drug-likeness (QED) is 0.464. The van der Waals surface area contributed by atoms with E-state index in [-0.39, 0.29) is 12.6 Å². The number of carbonyl (C=O) groups is 1. The zero-order chi connectivity index (χ0) is 11.9. The summed E-state index contributed by atoms with van der Waals surface area (Å²) in [5, 5.41) is 17.3. The van der Waals surface area contributed by atoms with Crippen molar-refractivity contribution in [1.82, 2.24) is 4.90 Å². The predicted octanol–water partition coefficient (Wildman–Crippen LogP) is -0.409. The Morgan fingerprint density at radius 1 is 1.27 bits per heavy atom. The summed E-state index contributed by atoms with van der Waals surface area (Å²) in [4.78, 5) is 12.1. The van der Waals surface area contributed by atoms with Crippen molar-refractivity contribution in [3.8, 4) is 0 Å². The third kappa shape index (κ3) is 4.72. The number of nitrogens with zero attached hydrogens (tertiary/aromatic N) is 1. The van der Waals surface area contributed by atoms with Crippen LogP contribution in [0.2, 0.25) is 0 Å². The SMILES string of the molecule is COP(=O)(CCC(=O)N(CO)CO)OC. The van der Waals surface area contributed by atoms with E-state index in [1.165, 1.54) is 14.2 Å². The van der Waals surface area contributed by atoms with Crippen molar-refractivity contribution in [3.05, 3.63) is 0 Å². The van der Waals surface area contributed by atoms with Crippen molar-refractivity contribution in [2.45, 2.75) is 6.42 Å². The number of aliphatic hydroxyl groups excluding tert-OH is 2. The third-order valence-corrected chi connectivity index (χ3v) is 3.73. The van der Waals surface area contributed by atoms with E-state index in [9.17, 15) is 9.36 Å². The highest BCUT2D eigenvalue weighted by Crippen LogP contribution is 2.46. The Hall–Kier alpha value is -0.460. The molecular weight excluding hydrogens is 225 g/mol. The smallest absolute Gasteiger partial charge is 0.330 e. The number of hydrogen-bond acceptors (Lipinski definition) is 6. The molecule has 0 spiro atoms. The topological polar surface area (TPSA) is 96.3 Å². The third-order valence-electron chi connectivity index (χ3n) is 1.85. The summed E-state index contributed by atoms with van der Waals surface area (Å²) in [5.74, 6) is -0.519. The lowest BCUT2D eigenvalue weighted by Gasteiger charge is -2.18. The molecule has 15 heavy (non-hydrogen) atoms. The monoisotopic (exact) mass is 241 g/mol. The van der Waals surface area contributed by atoms with E-state index in [2.05, 4.69) is 9.05 Å². The van der Waals surface area contributed by atoms with E-state index in [0.717, 1.165) is 4.90 Å². The second-order valence-electron chi connectivity index (χ2n) is 2.67. The van der Waals surface area contributed by atoms with Gasteiger partial charge in [0, 0.05) is 20.6 Å². The molecule has 0 saturated carbocycles. The molecule has 0 aromatic heterocycles. The molecule has 1 amide bonds. The maximum Gasteiger partial charge on any atom is 0.330 e. The van der Waals surface area contributed by atoms with E-state index >= 15 is 0 Å². The van der Waals surface area contributed by atoms with Gasteiger partial charge >= 0.3 is 7.60 Å². The highest BCUT2D eigenvalue weighted by molar-refractivity contribution is 7.53. The second-order valence-corrected chi connectivity index (χ2v) is 5.07. The summed E-state index contributed by atoms with van der Waals surface area (Å²) in [7, 11) is -0.753. The van der Waals surface area contributed by atoms with Gasteiger partial charge in [-0.25, -0.2) is 0 Å². The Labute approximate surface area is 88.1 Å². The molecule has 90 valence electrons. The fourth-order valence-corrected chi connectivity index (χ4v) is 1.83. The first-order chi connectivity index (χ1) is 7.02. The average Bonchev–Trinajstić information content (AvgIpc) is 2.27. The van der Waals surface area contributed by atoms with E-state index in [1.54, 1.807) is 0 Å². The summed E-state index contributed by atoms with van der Waals surface area (Å²) in [6, 6.07) is 0. The van der Waals surface area contributed by atoms with E-state index in [0.29, 0.717) is 0 Å². The molecule has 0 aliphatic rings. The van der Waals surface area contributed by atoms with Crippen LogP contribution in [0.3, 0.4) is 0 Å². The van der Waals surface area contributed by atoms with Crippen LogP contribution in [0.1, 0.15) is 6.42 Å². The van der Waals surface area contributed by atoms with Gasteiger partial charge in [0.1, 0.15) is 13.5 Å². The molecule has 0 radical (unpaired) electrons. The molecule has 0 rings (SSSR count). The molecule has 0 saturated heterocycles. The van der Waals surface area contributed by atoms with Crippen LogP contribution in [-0.4, -0.2) is 54.9 Å². The van der Waals surface area contributed by atoms with Crippen molar-refractivity contribution in [2.75, 3.05) is 33.8 Å². The van der Waals surface area contributed by atoms with Gasteiger partial charge < -0.3 is 19.3 Å². The van der Waals surface area contributed by atoms with E-state index in [1.807, 2.05) is 0 Å². The number of rotatable bonds is 7. The number of aliphatic hydroxyl groups is 2. The van der Waals surface area contributed by atoms with Crippen molar-refractivity contribution in [1.29, 1.82) is 0 Å². The lowest BCUT2D eigenvalue weighted by molar-refractivity contribution is -0.139. The zero-order valence-electron chi connectivity index (χ0n) is 8.75. The van der Waals surface area contributed by atoms with Crippen LogP contribution in [0.25, 0.3) is 0 Å². The molecule has 0 aromatic carbocycles. The maximum absolute atomic E-state index is 11.5. The largest absolute Gasteiger partial charge is 0.376 e. The number of amides is 1. The average molecular weight is 241 g/mol. The molecule has 0 bridgehead atoms. The Bertz CT molecular complexity index is 234. The summed E-state index contributed by atoms with van der Waals surface area (Å²) in [6.45, 7) is -1.17. The minimum Gasteiger partial charge on any atom is -0.376 e. The first-order valence-corrected chi connectivity index (χ1v) is 5.95. The Morgan fingerprint density at radius 2 is 1.73 bits per heavy atom. The first kappa shape index (κ1) is 14.5. The van der Waals surface area contributed by atoms with Crippen molar-refractivity contribution in [2.24, 2.45) is 0 Å². The molecule has 0 fully saturated rings.